The van der Waals surface area contributed by atoms with Crippen molar-refractivity contribution >= 4 is 17.6 Å². The highest BCUT2D eigenvalue weighted by atomic mass is 16.5. The lowest BCUT2D eigenvalue weighted by atomic mass is 10.1. The van der Waals surface area contributed by atoms with E-state index in [2.05, 4.69) is 20.0 Å². The second-order valence-electron chi connectivity index (χ2n) is 5.41. The summed E-state index contributed by atoms with van der Waals surface area (Å²) in [7, 11) is 1.32. The van der Waals surface area contributed by atoms with E-state index in [1.54, 1.807) is 31.2 Å². The highest BCUT2D eigenvalue weighted by Crippen LogP contribution is 2.15. The fraction of sp³-hybridized carbons (Fsp3) is 0.294. The first-order valence-corrected chi connectivity index (χ1v) is 7.25. The summed E-state index contributed by atoms with van der Waals surface area (Å²) in [6, 6.07) is 6.46. The molecule has 0 aliphatic rings. The van der Waals surface area contributed by atoms with Gasteiger partial charge in [-0.1, -0.05) is 13.8 Å². The van der Waals surface area contributed by atoms with E-state index in [9.17, 15) is 9.59 Å². The Bertz CT molecular complexity index is 724. The van der Waals surface area contributed by atoms with Crippen molar-refractivity contribution in [3.63, 3.8) is 0 Å². The fourth-order valence-corrected chi connectivity index (χ4v) is 1.99. The Morgan fingerprint density at radius 2 is 1.83 bits per heavy atom. The molecule has 0 fully saturated rings. The molecule has 0 aliphatic heterocycles. The largest absolute Gasteiger partial charge is 0.465 e. The number of carbonyl (C=O) groups is 2. The van der Waals surface area contributed by atoms with E-state index >= 15 is 0 Å². The van der Waals surface area contributed by atoms with Crippen LogP contribution in [0.4, 0.5) is 5.69 Å². The summed E-state index contributed by atoms with van der Waals surface area (Å²) in [5, 5.41) is 2.76. The summed E-state index contributed by atoms with van der Waals surface area (Å²) in [6.07, 6.45) is 1.54. The average Bonchev–Trinajstić information content (AvgIpc) is 2.54. The number of rotatable bonds is 4. The molecule has 6 nitrogen and oxygen atoms in total. The Balaban J connectivity index is 2.14. The topological polar surface area (TPSA) is 81.2 Å². The first-order valence-electron chi connectivity index (χ1n) is 7.25. The van der Waals surface area contributed by atoms with Crippen molar-refractivity contribution < 1.29 is 14.3 Å². The molecule has 0 bridgehead atoms. The van der Waals surface area contributed by atoms with Crippen LogP contribution in [-0.4, -0.2) is 29.0 Å². The minimum Gasteiger partial charge on any atom is -0.465 e. The van der Waals surface area contributed by atoms with E-state index in [0.717, 1.165) is 0 Å². The van der Waals surface area contributed by atoms with Gasteiger partial charge in [-0.15, -0.1) is 0 Å². The van der Waals surface area contributed by atoms with Crippen molar-refractivity contribution in [3.8, 4) is 0 Å². The smallest absolute Gasteiger partial charge is 0.337 e. The van der Waals surface area contributed by atoms with Crippen LogP contribution in [0, 0.1) is 6.92 Å². The molecule has 1 amide bonds. The predicted octanol–water partition coefficient (Wildman–Crippen LogP) is 2.95. The Morgan fingerprint density at radius 3 is 2.35 bits per heavy atom. The molecular formula is C17H19N3O3. The SMILES string of the molecule is COC(=O)c1ccc(NC(=O)c2cnc(C(C)C)nc2C)cc1. The van der Waals surface area contributed by atoms with Crippen molar-refractivity contribution in [2.45, 2.75) is 26.7 Å². The van der Waals surface area contributed by atoms with E-state index in [0.29, 0.717) is 28.3 Å². The van der Waals surface area contributed by atoms with Gasteiger partial charge in [0, 0.05) is 17.8 Å². The lowest BCUT2D eigenvalue weighted by Crippen LogP contribution is -2.16. The van der Waals surface area contributed by atoms with Crippen LogP contribution in [0.2, 0.25) is 0 Å². The van der Waals surface area contributed by atoms with Gasteiger partial charge in [0.25, 0.3) is 5.91 Å². The molecule has 0 saturated carbocycles. The maximum Gasteiger partial charge on any atom is 0.337 e. The molecule has 1 aromatic heterocycles. The third-order valence-electron chi connectivity index (χ3n) is 3.32. The molecule has 0 spiro atoms. The van der Waals surface area contributed by atoms with Gasteiger partial charge >= 0.3 is 5.97 Å². The second-order valence-corrected chi connectivity index (χ2v) is 5.41. The molecule has 1 N–H and O–H groups in total. The normalized spacial score (nSPS) is 10.5. The molecule has 2 aromatic rings. The Morgan fingerprint density at radius 1 is 1.17 bits per heavy atom. The molecule has 0 aliphatic carbocycles. The Labute approximate surface area is 134 Å². The number of nitrogens with one attached hydrogen (secondary N) is 1. The van der Waals surface area contributed by atoms with Crippen LogP contribution in [-0.2, 0) is 4.74 Å². The van der Waals surface area contributed by atoms with Crippen LogP contribution in [0.15, 0.2) is 30.5 Å². The van der Waals surface area contributed by atoms with Crippen LogP contribution in [0.1, 0.15) is 52.0 Å². The van der Waals surface area contributed by atoms with Crippen LogP contribution in [0.25, 0.3) is 0 Å². The molecule has 23 heavy (non-hydrogen) atoms. The molecule has 0 radical (unpaired) electrons. The number of methoxy groups -OCH3 is 1. The number of benzene rings is 1. The number of ether oxygens (including phenoxy) is 1. The molecule has 0 unspecified atom stereocenters. The number of aromatic nitrogens is 2. The number of hydrogen-bond donors (Lipinski definition) is 1. The van der Waals surface area contributed by atoms with Gasteiger partial charge in [0.05, 0.1) is 23.9 Å². The van der Waals surface area contributed by atoms with Crippen molar-refractivity contribution in [1.82, 2.24) is 9.97 Å². The van der Waals surface area contributed by atoms with Crippen molar-refractivity contribution in [3.05, 3.63) is 53.1 Å². The number of esters is 1. The van der Waals surface area contributed by atoms with Crippen molar-refractivity contribution in [2.24, 2.45) is 0 Å². The van der Waals surface area contributed by atoms with E-state index in [1.807, 2.05) is 13.8 Å². The summed E-state index contributed by atoms with van der Waals surface area (Å²) in [4.78, 5) is 32.2. The zero-order valence-corrected chi connectivity index (χ0v) is 13.6. The van der Waals surface area contributed by atoms with Gasteiger partial charge in [0.2, 0.25) is 0 Å². The lowest BCUT2D eigenvalue weighted by Gasteiger charge is -2.10. The van der Waals surface area contributed by atoms with Gasteiger partial charge in [-0.2, -0.15) is 0 Å². The minimum atomic E-state index is -0.420. The number of hydrogen-bond acceptors (Lipinski definition) is 5. The third kappa shape index (κ3) is 3.91. The number of anilines is 1. The number of nitrogens with zero attached hydrogens (tertiary/aromatic N) is 2. The molecule has 1 heterocycles. The number of carbonyl (C=O) groups excluding carboxylic acids is 2. The van der Waals surface area contributed by atoms with Gasteiger partial charge in [0.1, 0.15) is 5.82 Å². The van der Waals surface area contributed by atoms with E-state index in [4.69, 9.17) is 0 Å². The van der Waals surface area contributed by atoms with E-state index < -0.39 is 5.97 Å². The van der Waals surface area contributed by atoms with Gasteiger partial charge < -0.3 is 10.1 Å². The van der Waals surface area contributed by atoms with E-state index in [1.165, 1.54) is 13.3 Å². The average molecular weight is 313 g/mol. The monoisotopic (exact) mass is 313 g/mol. The summed E-state index contributed by atoms with van der Waals surface area (Å²) in [5.41, 5.74) is 2.06. The summed E-state index contributed by atoms with van der Waals surface area (Å²) < 4.78 is 4.63. The lowest BCUT2D eigenvalue weighted by molar-refractivity contribution is 0.0600. The van der Waals surface area contributed by atoms with Gasteiger partial charge in [-0.05, 0) is 31.2 Å². The summed E-state index contributed by atoms with van der Waals surface area (Å²) >= 11 is 0. The Kier molecular flexibility index (Phi) is 5.05. The molecule has 2 rings (SSSR count). The summed E-state index contributed by atoms with van der Waals surface area (Å²) in [5.74, 6) is 0.207. The van der Waals surface area contributed by atoms with Crippen LogP contribution in [0.5, 0.6) is 0 Å². The molecular weight excluding hydrogens is 294 g/mol. The first-order chi connectivity index (χ1) is 10.9. The predicted molar refractivity (Wildman–Crippen MR) is 86.6 cm³/mol. The zero-order valence-electron chi connectivity index (χ0n) is 13.6. The second kappa shape index (κ2) is 7.00. The van der Waals surface area contributed by atoms with Gasteiger partial charge in [-0.3, -0.25) is 4.79 Å². The fourth-order valence-electron chi connectivity index (χ4n) is 1.99. The minimum absolute atomic E-state index is 0.205. The molecule has 1 aromatic carbocycles. The quantitative estimate of drug-likeness (QED) is 0.878. The van der Waals surface area contributed by atoms with E-state index in [-0.39, 0.29) is 11.8 Å². The maximum atomic E-state index is 12.3. The van der Waals surface area contributed by atoms with Crippen molar-refractivity contribution in [1.29, 1.82) is 0 Å². The number of amides is 1. The standard InChI is InChI=1S/C17H19N3O3/c1-10(2)15-18-9-14(11(3)19-15)16(21)20-13-7-5-12(6-8-13)17(22)23-4/h5-10H,1-4H3,(H,20,21). The number of aryl methyl sites for hydroxylation is 1. The van der Waals surface area contributed by atoms with Crippen LogP contribution < -0.4 is 5.32 Å². The van der Waals surface area contributed by atoms with Gasteiger partial charge in [-0.25, -0.2) is 14.8 Å². The highest BCUT2D eigenvalue weighted by Gasteiger charge is 2.13. The van der Waals surface area contributed by atoms with Crippen LogP contribution in [0.3, 0.4) is 0 Å². The first kappa shape index (κ1) is 16.6. The molecule has 0 atom stereocenters. The highest BCUT2D eigenvalue weighted by molar-refractivity contribution is 6.05. The Hall–Kier alpha value is -2.76. The third-order valence-corrected chi connectivity index (χ3v) is 3.32. The summed E-state index contributed by atoms with van der Waals surface area (Å²) in [6.45, 7) is 5.78. The molecule has 120 valence electrons. The molecule has 6 heteroatoms. The molecule has 0 saturated heterocycles. The zero-order chi connectivity index (χ0) is 17.0. The van der Waals surface area contributed by atoms with Crippen molar-refractivity contribution in [2.75, 3.05) is 12.4 Å². The van der Waals surface area contributed by atoms with Crippen LogP contribution >= 0.6 is 0 Å². The van der Waals surface area contributed by atoms with Gasteiger partial charge in [0.15, 0.2) is 0 Å². The maximum absolute atomic E-state index is 12.3.